The highest BCUT2D eigenvalue weighted by molar-refractivity contribution is 7.14. The van der Waals surface area contributed by atoms with Crippen molar-refractivity contribution in [2.45, 2.75) is 6.42 Å². The van der Waals surface area contributed by atoms with Crippen LogP contribution in [-0.2, 0) is 11.2 Å². The number of carboxylic acids is 1. The molecule has 1 aromatic heterocycles. The number of benzene rings is 2. The quantitative estimate of drug-likeness (QED) is 0.302. The summed E-state index contributed by atoms with van der Waals surface area (Å²) in [6.45, 7) is 0. The maximum atomic E-state index is 11.4. The number of aliphatic carboxylic acids is 1. The molecular formula is C18H14Cl2N4O2S. The monoisotopic (exact) mass is 420 g/mol. The maximum absolute atomic E-state index is 11.4. The average molecular weight is 421 g/mol. The lowest BCUT2D eigenvalue weighted by Crippen LogP contribution is -2.17. The summed E-state index contributed by atoms with van der Waals surface area (Å²) in [5.74, 6) is -1.11. The molecule has 0 atom stereocenters. The minimum Gasteiger partial charge on any atom is -0.477 e. The van der Waals surface area contributed by atoms with Gasteiger partial charge < -0.3 is 10.8 Å². The van der Waals surface area contributed by atoms with Crippen molar-refractivity contribution in [1.82, 2.24) is 4.98 Å². The summed E-state index contributed by atoms with van der Waals surface area (Å²) in [5.41, 5.74) is 11.2. The molecule has 0 unspecified atom stereocenters. The van der Waals surface area contributed by atoms with E-state index in [-0.39, 0.29) is 12.1 Å². The molecule has 3 rings (SSSR count). The maximum Gasteiger partial charge on any atom is 0.352 e. The third-order valence-corrected chi connectivity index (χ3v) is 5.09. The van der Waals surface area contributed by atoms with Crippen molar-refractivity contribution >= 4 is 57.0 Å². The van der Waals surface area contributed by atoms with Crippen molar-refractivity contribution in [2.24, 2.45) is 5.10 Å². The van der Waals surface area contributed by atoms with E-state index < -0.39 is 5.97 Å². The van der Waals surface area contributed by atoms with Crippen molar-refractivity contribution in [3.63, 3.8) is 0 Å². The number of aromatic nitrogens is 1. The summed E-state index contributed by atoms with van der Waals surface area (Å²) in [5, 5.41) is 16.5. The molecule has 9 heteroatoms. The number of carbonyl (C=O) groups is 1. The van der Waals surface area contributed by atoms with Gasteiger partial charge in [0.1, 0.15) is 5.71 Å². The fraction of sp³-hybridized carbons (Fsp3) is 0.0556. The number of hydrazone groups is 1. The van der Waals surface area contributed by atoms with Crippen LogP contribution in [0.15, 0.2) is 52.9 Å². The van der Waals surface area contributed by atoms with Gasteiger partial charge in [0.25, 0.3) is 0 Å². The number of thiazole rings is 1. The molecular weight excluding hydrogens is 407 g/mol. The number of nitrogens with two attached hydrogens (primary N) is 1. The SMILES string of the molecule is Nc1ccc(C/C(=N\Nc2nc(-c3ccc(Cl)c(Cl)c3)cs2)C(=O)O)cc1. The molecule has 0 aliphatic carbocycles. The Morgan fingerprint density at radius 1 is 1.19 bits per heavy atom. The summed E-state index contributed by atoms with van der Waals surface area (Å²) in [6, 6.07) is 12.2. The molecule has 138 valence electrons. The third-order valence-electron chi connectivity index (χ3n) is 3.60. The Bertz CT molecular complexity index is 1000. The molecule has 0 saturated carbocycles. The van der Waals surface area contributed by atoms with Crippen LogP contribution in [0.3, 0.4) is 0 Å². The molecule has 0 radical (unpaired) electrons. The molecule has 0 spiro atoms. The van der Waals surface area contributed by atoms with E-state index in [0.717, 1.165) is 11.1 Å². The largest absolute Gasteiger partial charge is 0.477 e. The molecule has 4 N–H and O–H groups in total. The molecule has 0 bridgehead atoms. The molecule has 0 fully saturated rings. The fourth-order valence-electron chi connectivity index (χ4n) is 2.22. The number of rotatable bonds is 6. The number of nitrogens with one attached hydrogen (secondary N) is 1. The molecule has 27 heavy (non-hydrogen) atoms. The van der Waals surface area contributed by atoms with Gasteiger partial charge in [0.05, 0.1) is 15.7 Å². The van der Waals surface area contributed by atoms with Crippen molar-refractivity contribution < 1.29 is 9.90 Å². The highest BCUT2D eigenvalue weighted by Gasteiger charge is 2.12. The second-order valence-corrected chi connectivity index (χ2v) is 7.23. The molecule has 1 heterocycles. The van der Waals surface area contributed by atoms with Gasteiger partial charge in [-0.05, 0) is 29.8 Å². The van der Waals surface area contributed by atoms with Crippen LogP contribution in [0.2, 0.25) is 10.0 Å². The summed E-state index contributed by atoms with van der Waals surface area (Å²) in [7, 11) is 0. The van der Waals surface area contributed by atoms with Crippen molar-refractivity contribution in [2.75, 3.05) is 11.2 Å². The Labute approximate surface area is 169 Å². The van der Waals surface area contributed by atoms with Gasteiger partial charge in [-0.1, -0.05) is 41.4 Å². The summed E-state index contributed by atoms with van der Waals surface area (Å²) in [4.78, 5) is 15.8. The number of anilines is 2. The third kappa shape index (κ3) is 4.97. The van der Waals surface area contributed by atoms with Crippen LogP contribution in [-0.4, -0.2) is 21.8 Å². The smallest absolute Gasteiger partial charge is 0.352 e. The fourth-order valence-corrected chi connectivity index (χ4v) is 3.18. The van der Waals surface area contributed by atoms with Gasteiger partial charge in [-0.2, -0.15) is 5.10 Å². The Hall–Kier alpha value is -2.61. The number of halogens is 2. The van der Waals surface area contributed by atoms with Gasteiger partial charge in [0.2, 0.25) is 5.13 Å². The summed E-state index contributed by atoms with van der Waals surface area (Å²) < 4.78 is 0. The predicted molar refractivity (Wildman–Crippen MR) is 111 cm³/mol. The lowest BCUT2D eigenvalue weighted by molar-refractivity contribution is -0.129. The zero-order valence-electron chi connectivity index (χ0n) is 13.8. The first-order valence-corrected chi connectivity index (χ1v) is 9.37. The Morgan fingerprint density at radius 2 is 1.93 bits per heavy atom. The second kappa shape index (κ2) is 8.39. The Balaban J connectivity index is 1.75. The van der Waals surface area contributed by atoms with E-state index in [0.29, 0.717) is 26.6 Å². The lowest BCUT2D eigenvalue weighted by Gasteiger charge is -2.03. The molecule has 2 aromatic carbocycles. The number of nitrogens with zero attached hydrogens (tertiary/aromatic N) is 2. The van der Waals surface area contributed by atoms with E-state index >= 15 is 0 Å². The van der Waals surface area contributed by atoms with Crippen molar-refractivity contribution in [3.05, 3.63) is 63.5 Å². The van der Waals surface area contributed by atoms with Crippen LogP contribution in [0.5, 0.6) is 0 Å². The number of carboxylic acid groups (broad SMARTS) is 1. The standard InChI is InChI=1S/C18H14Cl2N4O2S/c19-13-6-3-11(8-14(13)20)16-9-27-18(22-16)24-23-15(17(25)26)7-10-1-4-12(21)5-2-10/h1-6,8-9H,7,21H2,(H,22,24)(H,25,26)/b23-15+. The number of hydrogen-bond donors (Lipinski definition) is 3. The van der Waals surface area contributed by atoms with Gasteiger partial charge in [-0.15, -0.1) is 11.3 Å². The van der Waals surface area contributed by atoms with Gasteiger partial charge in [0.15, 0.2) is 0 Å². The molecule has 0 saturated heterocycles. The van der Waals surface area contributed by atoms with Crippen LogP contribution in [0.25, 0.3) is 11.3 Å². The van der Waals surface area contributed by atoms with E-state index in [1.165, 1.54) is 11.3 Å². The van der Waals surface area contributed by atoms with Crippen LogP contribution >= 0.6 is 34.5 Å². The summed E-state index contributed by atoms with van der Waals surface area (Å²) >= 11 is 13.2. The number of hydrogen-bond acceptors (Lipinski definition) is 6. The van der Waals surface area contributed by atoms with E-state index in [1.54, 1.807) is 42.5 Å². The molecule has 6 nitrogen and oxygen atoms in total. The molecule has 0 amide bonds. The van der Waals surface area contributed by atoms with E-state index in [2.05, 4.69) is 15.5 Å². The summed E-state index contributed by atoms with van der Waals surface area (Å²) in [6.07, 6.45) is 0.160. The average Bonchev–Trinajstić information content (AvgIpc) is 3.11. The highest BCUT2D eigenvalue weighted by atomic mass is 35.5. The zero-order valence-corrected chi connectivity index (χ0v) is 16.1. The van der Waals surface area contributed by atoms with Crippen molar-refractivity contribution in [1.29, 1.82) is 0 Å². The molecule has 3 aromatic rings. The predicted octanol–water partition coefficient (Wildman–Crippen LogP) is 4.79. The highest BCUT2D eigenvalue weighted by Crippen LogP contribution is 2.30. The number of nitrogen functional groups attached to an aromatic ring is 1. The lowest BCUT2D eigenvalue weighted by atomic mass is 10.1. The van der Waals surface area contributed by atoms with Crippen LogP contribution in [0.4, 0.5) is 10.8 Å². The minimum atomic E-state index is -1.11. The second-order valence-electron chi connectivity index (χ2n) is 5.56. The minimum absolute atomic E-state index is 0.0361. The molecule has 0 aliphatic heterocycles. The van der Waals surface area contributed by atoms with Gasteiger partial charge in [0, 0.05) is 23.1 Å². The first kappa shape index (κ1) is 19.2. The normalized spacial score (nSPS) is 11.4. The van der Waals surface area contributed by atoms with E-state index in [9.17, 15) is 9.90 Å². The zero-order chi connectivity index (χ0) is 19.4. The first-order chi connectivity index (χ1) is 12.9. The molecule has 0 aliphatic rings. The van der Waals surface area contributed by atoms with Gasteiger partial charge >= 0.3 is 5.97 Å². The van der Waals surface area contributed by atoms with Crippen LogP contribution < -0.4 is 11.2 Å². The topological polar surface area (TPSA) is 101 Å². The van der Waals surface area contributed by atoms with Crippen molar-refractivity contribution in [3.8, 4) is 11.3 Å². The van der Waals surface area contributed by atoms with Gasteiger partial charge in [-0.3, -0.25) is 5.43 Å². The Kier molecular flexibility index (Phi) is 5.95. The first-order valence-electron chi connectivity index (χ1n) is 7.73. The van der Waals surface area contributed by atoms with Gasteiger partial charge in [-0.25, -0.2) is 9.78 Å². The van der Waals surface area contributed by atoms with E-state index in [1.807, 2.05) is 5.38 Å². The Morgan fingerprint density at radius 3 is 2.59 bits per heavy atom. The van der Waals surface area contributed by atoms with E-state index in [4.69, 9.17) is 28.9 Å². The van der Waals surface area contributed by atoms with Crippen LogP contribution in [0.1, 0.15) is 5.56 Å². The van der Waals surface area contributed by atoms with Crippen LogP contribution in [0, 0.1) is 0 Å².